The first kappa shape index (κ1) is 17.1. The molecule has 1 heterocycles. The van der Waals surface area contributed by atoms with Gasteiger partial charge in [-0.3, -0.25) is 9.59 Å². The molecule has 1 aliphatic rings. The number of amides is 1. The van der Waals surface area contributed by atoms with Crippen molar-refractivity contribution in [3.63, 3.8) is 0 Å². The van der Waals surface area contributed by atoms with Crippen molar-refractivity contribution in [2.24, 2.45) is 5.92 Å². The third-order valence-corrected chi connectivity index (χ3v) is 4.18. The lowest BCUT2D eigenvalue weighted by Crippen LogP contribution is -2.42. The Bertz CT molecular complexity index is 547. The number of benzene rings is 1. The second kappa shape index (κ2) is 8.41. The third kappa shape index (κ3) is 5.16. The molecule has 6 heteroatoms. The maximum absolute atomic E-state index is 12.4. The molecule has 1 fully saturated rings. The van der Waals surface area contributed by atoms with E-state index in [0.29, 0.717) is 18.7 Å². The summed E-state index contributed by atoms with van der Waals surface area (Å²) in [6.07, 6.45) is 2.74. The van der Waals surface area contributed by atoms with E-state index < -0.39 is 5.97 Å². The highest BCUT2D eigenvalue weighted by atomic mass is 16.5. The summed E-state index contributed by atoms with van der Waals surface area (Å²) in [5, 5.41) is 11.9. The van der Waals surface area contributed by atoms with Crippen LogP contribution in [0.25, 0.3) is 0 Å². The number of carboxylic acid groups (broad SMARTS) is 1. The van der Waals surface area contributed by atoms with Crippen LogP contribution in [0.1, 0.15) is 25.7 Å². The standard InChI is InChI=1S/C17H24N2O4/c1-23-15-7-3-2-6-14(15)18-11-16(20)19-10-4-5-13(12-19)8-9-17(21)22/h2-3,6-7,13,18H,4-5,8-12H2,1H3,(H,21,22). The Labute approximate surface area is 136 Å². The molecule has 0 aromatic heterocycles. The number of nitrogens with zero attached hydrogens (tertiary/aromatic N) is 1. The van der Waals surface area contributed by atoms with Crippen LogP contribution in [0.15, 0.2) is 24.3 Å². The summed E-state index contributed by atoms with van der Waals surface area (Å²) in [7, 11) is 1.60. The summed E-state index contributed by atoms with van der Waals surface area (Å²) in [6, 6.07) is 7.48. The molecule has 23 heavy (non-hydrogen) atoms. The summed E-state index contributed by atoms with van der Waals surface area (Å²) >= 11 is 0. The summed E-state index contributed by atoms with van der Waals surface area (Å²) < 4.78 is 5.25. The molecule has 0 bridgehead atoms. The lowest BCUT2D eigenvalue weighted by Gasteiger charge is -2.32. The maximum Gasteiger partial charge on any atom is 0.303 e. The number of para-hydroxylation sites is 2. The Hall–Kier alpha value is -2.24. The minimum absolute atomic E-state index is 0.0379. The van der Waals surface area contributed by atoms with Gasteiger partial charge in [-0.1, -0.05) is 12.1 Å². The number of nitrogens with one attached hydrogen (secondary N) is 1. The average molecular weight is 320 g/mol. The summed E-state index contributed by atoms with van der Waals surface area (Å²) in [4.78, 5) is 24.9. The zero-order chi connectivity index (χ0) is 16.7. The van der Waals surface area contributed by atoms with Crippen molar-refractivity contribution in [3.8, 4) is 5.75 Å². The molecule has 1 aromatic rings. The zero-order valence-corrected chi connectivity index (χ0v) is 13.5. The molecule has 6 nitrogen and oxygen atoms in total. The number of hydrogen-bond donors (Lipinski definition) is 2. The smallest absolute Gasteiger partial charge is 0.303 e. The summed E-state index contributed by atoms with van der Waals surface area (Å²) in [5.41, 5.74) is 0.794. The van der Waals surface area contributed by atoms with Gasteiger partial charge in [-0.2, -0.15) is 0 Å². The Morgan fingerprint density at radius 3 is 2.91 bits per heavy atom. The molecule has 1 atom stereocenters. The largest absolute Gasteiger partial charge is 0.495 e. The molecule has 1 aromatic carbocycles. The van der Waals surface area contributed by atoms with E-state index in [-0.39, 0.29) is 24.8 Å². The van der Waals surface area contributed by atoms with Gasteiger partial charge < -0.3 is 20.1 Å². The molecule has 1 saturated heterocycles. The molecule has 2 rings (SSSR count). The minimum atomic E-state index is -0.772. The Morgan fingerprint density at radius 1 is 1.39 bits per heavy atom. The van der Waals surface area contributed by atoms with E-state index in [1.165, 1.54) is 0 Å². The normalized spacial score (nSPS) is 17.6. The zero-order valence-electron chi connectivity index (χ0n) is 13.5. The van der Waals surface area contributed by atoms with Gasteiger partial charge in [0.05, 0.1) is 19.3 Å². The number of likely N-dealkylation sites (tertiary alicyclic amines) is 1. The van der Waals surface area contributed by atoms with Gasteiger partial charge in [-0.15, -0.1) is 0 Å². The Kier molecular flexibility index (Phi) is 6.26. The first-order valence-electron chi connectivity index (χ1n) is 7.96. The maximum atomic E-state index is 12.4. The first-order chi connectivity index (χ1) is 11.1. The molecule has 0 spiro atoms. The number of ether oxygens (including phenoxy) is 1. The molecule has 1 amide bonds. The van der Waals surface area contributed by atoms with Crippen LogP contribution < -0.4 is 10.1 Å². The molecule has 0 aliphatic carbocycles. The van der Waals surface area contributed by atoms with Gasteiger partial charge in [0, 0.05) is 19.5 Å². The van der Waals surface area contributed by atoms with Crippen molar-refractivity contribution >= 4 is 17.6 Å². The number of anilines is 1. The van der Waals surface area contributed by atoms with E-state index in [1.807, 2.05) is 29.2 Å². The molecule has 2 N–H and O–H groups in total. The third-order valence-electron chi connectivity index (χ3n) is 4.18. The molecular weight excluding hydrogens is 296 g/mol. The lowest BCUT2D eigenvalue weighted by atomic mass is 9.93. The number of carboxylic acids is 1. The fraction of sp³-hybridized carbons (Fsp3) is 0.529. The van der Waals surface area contributed by atoms with E-state index in [2.05, 4.69) is 5.32 Å². The van der Waals surface area contributed by atoms with Gasteiger partial charge in [0.2, 0.25) is 5.91 Å². The Balaban J connectivity index is 1.84. The highest BCUT2D eigenvalue weighted by Gasteiger charge is 2.23. The fourth-order valence-corrected chi connectivity index (χ4v) is 2.93. The van der Waals surface area contributed by atoms with Crippen LogP contribution in [0, 0.1) is 5.92 Å². The van der Waals surface area contributed by atoms with E-state index in [4.69, 9.17) is 9.84 Å². The lowest BCUT2D eigenvalue weighted by molar-refractivity contribution is -0.137. The van der Waals surface area contributed by atoms with Crippen molar-refractivity contribution in [2.75, 3.05) is 32.1 Å². The number of aliphatic carboxylic acids is 1. The fourth-order valence-electron chi connectivity index (χ4n) is 2.93. The number of methoxy groups -OCH3 is 1. The van der Waals surface area contributed by atoms with Crippen molar-refractivity contribution in [1.29, 1.82) is 0 Å². The SMILES string of the molecule is COc1ccccc1NCC(=O)N1CCCC(CCC(=O)O)C1. The van der Waals surface area contributed by atoms with Gasteiger partial charge in [-0.05, 0) is 37.3 Å². The predicted molar refractivity (Wildman–Crippen MR) is 87.7 cm³/mol. The van der Waals surface area contributed by atoms with E-state index in [1.54, 1.807) is 7.11 Å². The van der Waals surface area contributed by atoms with Crippen LogP contribution in [0.3, 0.4) is 0 Å². The van der Waals surface area contributed by atoms with Crippen LogP contribution in [0.4, 0.5) is 5.69 Å². The second-order valence-corrected chi connectivity index (χ2v) is 5.83. The monoisotopic (exact) mass is 320 g/mol. The van der Waals surface area contributed by atoms with Gasteiger partial charge in [-0.25, -0.2) is 0 Å². The molecular formula is C17H24N2O4. The summed E-state index contributed by atoms with van der Waals surface area (Å²) in [6.45, 7) is 1.61. The average Bonchev–Trinajstić information content (AvgIpc) is 2.58. The van der Waals surface area contributed by atoms with Gasteiger partial charge in [0.15, 0.2) is 0 Å². The van der Waals surface area contributed by atoms with Gasteiger partial charge in [0.1, 0.15) is 5.75 Å². The topological polar surface area (TPSA) is 78.9 Å². The quantitative estimate of drug-likeness (QED) is 0.805. The number of carbonyl (C=O) groups is 2. The van der Waals surface area contributed by atoms with Gasteiger partial charge >= 0.3 is 5.97 Å². The number of piperidine rings is 1. The number of rotatable bonds is 7. The molecule has 126 valence electrons. The number of hydrogen-bond acceptors (Lipinski definition) is 4. The van der Waals surface area contributed by atoms with E-state index >= 15 is 0 Å². The van der Waals surface area contributed by atoms with Crippen molar-refractivity contribution in [3.05, 3.63) is 24.3 Å². The van der Waals surface area contributed by atoms with Crippen molar-refractivity contribution in [2.45, 2.75) is 25.7 Å². The van der Waals surface area contributed by atoms with Gasteiger partial charge in [0.25, 0.3) is 0 Å². The number of carbonyl (C=O) groups excluding carboxylic acids is 1. The van der Waals surface area contributed by atoms with E-state index in [0.717, 1.165) is 25.1 Å². The molecule has 0 radical (unpaired) electrons. The van der Waals surface area contributed by atoms with Crippen LogP contribution in [-0.4, -0.2) is 48.6 Å². The minimum Gasteiger partial charge on any atom is -0.495 e. The molecule has 1 unspecified atom stereocenters. The Morgan fingerprint density at radius 2 is 2.17 bits per heavy atom. The van der Waals surface area contributed by atoms with Crippen molar-refractivity contribution < 1.29 is 19.4 Å². The first-order valence-corrected chi connectivity index (χ1v) is 7.96. The van der Waals surface area contributed by atoms with E-state index in [9.17, 15) is 9.59 Å². The summed E-state index contributed by atoms with van der Waals surface area (Å²) in [5.74, 6) is 0.260. The highest BCUT2D eigenvalue weighted by molar-refractivity contribution is 5.81. The van der Waals surface area contributed by atoms with Crippen LogP contribution >= 0.6 is 0 Å². The second-order valence-electron chi connectivity index (χ2n) is 5.83. The van der Waals surface area contributed by atoms with Crippen LogP contribution in [0.2, 0.25) is 0 Å². The van der Waals surface area contributed by atoms with Crippen LogP contribution in [-0.2, 0) is 9.59 Å². The molecule has 0 saturated carbocycles. The van der Waals surface area contributed by atoms with Crippen molar-refractivity contribution in [1.82, 2.24) is 4.90 Å². The van der Waals surface area contributed by atoms with Crippen LogP contribution in [0.5, 0.6) is 5.75 Å². The predicted octanol–water partition coefficient (Wildman–Crippen LogP) is 2.21. The highest BCUT2D eigenvalue weighted by Crippen LogP contribution is 2.24. The molecule has 1 aliphatic heterocycles.